The van der Waals surface area contributed by atoms with E-state index < -0.39 is 75.3 Å². The molecule has 0 heterocycles. The third-order valence-electron chi connectivity index (χ3n) is 4.19. The van der Waals surface area contributed by atoms with Crippen LogP contribution in [0.25, 0.3) is 0 Å². The van der Waals surface area contributed by atoms with Crippen LogP contribution in [0.1, 0.15) is 11.1 Å². The maximum absolute atomic E-state index is 14.7. The van der Waals surface area contributed by atoms with E-state index >= 15 is 0 Å². The first kappa shape index (κ1) is 23.9. The van der Waals surface area contributed by atoms with Crippen molar-refractivity contribution in [2.24, 2.45) is 0 Å². The summed E-state index contributed by atoms with van der Waals surface area (Å²) in [7, 11) is 0. The van der Waals surface area contributed by atoms with Crippen LogP contribution in [0.15, 0.2) is 42.5 Å². The predicted molar refractivity (Wildman–Crippen MR) is 98.2 cm³/mol. The fraction of sp³-hybridized carbons (Fsp3) is 0.100. The summed E-state index contributed by atoms with van der Waals surface area (Å²) >= 11 is 0. The van der Waals surface area contributed by atoms with Crippen LogP contribution >= 0.6 is 0 Å². The molecule has 0 aliphatic rings. The standard InChI is InChI=1S/C20H11F9N2O2/c21-16-8(30)3-1-5-10(16)32-12-7-13(33-11-6-2-4-9(31)17(11)22)15(20(27,28)29)18(23)14(12)19(24,25)26/h1-7H,30-31H2. The van der Waals surface area contributed by atoms with Crippen molar-refractivity contribution in [1.29, 1.82) is 0 Å². The summed E-state index contributed by atoms with van der Waals surface area (Å²) in [5.74, 6) is -10.6. The number of anilines is 2. The molecular weight excluding hydrogens is 471 g/mol. The van der Waals surface area contributed by atoms with Gasteiger partial charge in [0.15, 0.2) is 29.0 Å². The highest BCUT2D eigenvalue weighted by Crippen LogP contribution is 2.50. The lowest BCUT2D eigenvalue weighted by Crippen LogP contribution is -2.18. The van der Waals surface area contributed by atoms with Crippen LogP contribution in [0.2, 0.25) is 0 Å². The molecule has 0 bridgehead atoms. The Kier molecular flexibility index (Phi) is 6.00. The van der Waals surface area contributed by atoms with E-state index in [9.17, 15) is 39.5 Å². The number of halogens is 9. The van der Waals surface area contributed by atoms with Crippen molar-refractivity contribution < 1.29 is 49.0 Å². The third-order valence-corrected chi connectivity index (χ3v) is 4.19. The number of ether oxygens (including phenoxy) is 2. The molecule has 33 heavy (non-hydrogen) atoms. The number of hydrogen-bond acceptors (Lipinski definition) is 4. The average molecular weight is 482 g/mol. The van der Waals surface area contributed by atoms with Crippen LogP contribution in [-0.4, -0.2) is 0 Å². The van der Waals surface area contributed by atoms with Crippen molar-refractivity contribution in [1.82, 2.24) is 0 Å². The van der Waals surface area contributed by atoms with Gasteiger partial charge in [0, 0.05) is 6.07 Å². The van der Waals surface area contributed by atoms with Crippen LogP contribution in [-0.2, 0) is 12.4 Å². The molecule has 0 aromatic heterocycles. The van der Waals surface area contributed by atoms with Crippen molar-refractivity contribution in [3.05, 3.63) is 71.0 Å². The lowest BCUT2D eigenvalue weighted by Gasteiger charge is -2.21. The quantitative estimate of drug-likeness (QED) is 0.314. The normalized spacial score (nSPS) is 12.0. The smallest absolute Gasteiger partial charge is 0.422 e. The van der Waals surface area contributed by atoms with Crippen LogP contribution in [0.4, 0.5) is 50.9 Å². The molecule has 0 saturated carbocycles. The SMILES string of the molecule is Nc1cccc(Oc2cc(Oc3cccc(N)c3F)c(C(F)(F)F)c(F)c2C(F)(F)F)c1F. The molecule has 0 amide bonds. The van der Waals surface area contributed by atoms with Gasteiger partial charge in [0.2, 0.25) is 0 Å². The van der Waals surface area contributed by atoms with E-state index in [1.165, 1.54) is 0 Å². The Morgan fingerprint density at radius 1 is 0.545 bits per heavy atom. The molecule has 0 aliphatic heterocycles. The zero-order chi connectivity index (χ0) is 24.7. The fourth-order valence-corrected chi connectivity index (χ4v) is 2.74. The van der Waals surface area contributed by atoms with Gasteiger partial charge >= 0.3 is 12.4 Å². The first-order valence-corrected chi connectivity index (χ1v) is 8.66. The van der Waals surface area contributed by atoms with Gasteiger partial charge in [-0.15, -0.1) is 0 Å². The summed E-state index contributed by atoms with van der Waals surface area (Å²) in [6, 6.07) is 5.82. The summed E-state index contributed by atoms with van der Waals surface area (Å²) in [6.07, 6.45) is -11.4. The van der Waals surface area contributed by atoms with Crippen molar-refractivity contribution in [2.45, 2.75) is 12.4 Å². The second kappa shape index (κ2) is 8.30. The molecule has 3 rings (SSSR count). The Bertz CT molecular complexity index is 1120. The molecule has 4 N–H and O–H groups in total. The molecular formula is C20H11F9N2O2. The Morgan fingerprint density at radius 2 is 0.909 bits per heavy atom. The van der Waals surface area contributed by atoms with Crippen molar-refractivity contribution >= 4 is 11.4 Å². The summed E-state index contributed by atoms with van der Waals surface area (Å²) in [5, 5.41) is 0. The van der Waals surface area contributed by atoms with Crippen LogP contribution in [0.5, 0.6) is 23.0 Å². The van der Waals surface area contributed by atoms with Crippen molar-refractivity contribution in [2.75, 3.05) is 11.5 Å². The highest BCUT2D eigenvalue weighted by Gasteiger charge is 2.47. The van der Waals surface area contributed by atoms with E-state index in [-0.39, 0.29) is 6.07 Å². The number of nitrogens with two attached hydrogens (primary N) is 2. The molecule has 0 atom stereocenters. The molecule has 0 fully saturated rings. The molecule has 4 nitrogen and oxygen atoms in total. The van der Waals surface area contributed by atoms with E-state index in [0.717, 1.165) is 36.4 Å². The van der Waals surface area contributed by atoms with E-state index in [1.807, 2.05) is 0 Å². The van der Waals surface area contributed by atoms with Crippen LogP contribution in [0, 0.1) is 17.5 Å². The van der Waals surface area contributed by atoms with Gasteiger partial charge in [0.05, 0.1) is 11.4 Å². The first-order chi connectivity index (χ1) is 15.2. The van der Waals surface area contributed by atoms with E-state index in [0.29, 0.717) is 0 Å². The van der Waals surface area contributed by atoms with E-state index in [4.69, 9.17) is 20.9 Å². The Labute approximate surface area is 179 Å². The minimum atomic E-state index is -5.71. The zero-order valence-electron chi connectivity index (χ0n) is 15.9. The zero-order valence-corrected chi connectivity index (χ0v) is 15.9. The predicted octanol–water partition coefficient (Wildman–Crippen LogP) is 6.89. The number of nitrogen functional groups attached to an aromatic ring is 2. The maximum Gasteiger partial charge on any atom is 0.422 e. The Morgan fingerprint density at radius 3 is 1.24 bits per heavy atom. The highest BCUT2D eigenvalue weighted by molar-refractivity contribution is 5.55. The highest BCUT2D eigenvalue weighted by atomic mass is 19.4. The van der Waals surface area contributed by atoms with Gasteiger partial charge in [-0.3, -0.25) is 0 Å². The largest absolute Gasteiger partial charge is 0.453 e. The van der Waals surface area contributed by atoms with E-state index in [1.54, 1.807) is 0 Å². The first-order valence-electron chi connectivity index (χ1n) is 8.66. The molecule has 0 unspecified atom stereocenters. The minimum absolute atomic E-state index is 0.0139. The van der Waals surface area contributed by atoms with Gasteiger partial charge in [-0.1, -0.05) is 12.1 Å². The molecule has 0 saturated heterocycles. The Balaban J connectivity index is 2.30. The summed E-state index contributed by atoms with van der Waals surface area (Å²) < 4.78 is 134. The molecule has 0 aliphatic carbocycles. The number of benzene rings is 3. The second-order valence-corrected chi connectivity index (χ2v) is 6.46. The number of alkyl halides is 6. The van der Waals surface area contributed by atoms with E-state index in [2.05, 4.69) is 0 Å². The van der Waals surface area contributed by atoms with Gasteiger partial charge in [0.1, 0.15) is 22.6 Å². The monoisotopic (exact) mass is 482 g/mol. The van der Waals surface area contributed by atoms with Gasteiger partial charge in [0.25, 0.3) is 0 Å². The Hall–Kier alpha value is -3.77. The summed E-state index contributed by atoms with van der Waals surface area (Å²) in [5.41, 5.74) is 4.48. The maximum atomic E-state index is 14.7. The van der Waals surface area contributed by atoms with Crippen LogP contribution in [0.3, 0.4) is 0 Å². The van der Waals surface area contributed by atoms with Crippen molar-refractivity contribution in [3.8, 4) is 23.0 Å². The van der Waals surface area contributed by atoms with Crippen molar-refractivity contribution in [3.63, 3.8) is 0 Å². The lowest BCUT2D eigenvalue weighted by molar-refractivity contribution is -0.148. The fourth-order valence-electron chi connectivity index (χ4n) is 2.74. The number of hydrogen-bond donors (Lipinski definition) is 2. The van der Waals surface area contributed by atoms with Gasteiger partial charge in [-0.05, 0) is 24.3 Å². The second-order valence-electron chi connectivity index (χ2n) is 6.46. The van der Waals surface area contributed by atoms with Crippen LogP contribution < -0.4 is 20.9 Å². The molecule has 3 aromatic carbocycles. The van der Waals surface area contributed by atoms with Gasteiger partial charge in [-0.25, -0.2) is 13.2 Å². The third kappa shape index (κ3) is 4.71. The van der Waals surface area contributed by atoms with Gasteiger partial charge in [-0.2, -0.15) is 26.3 Å². The molecule has 176 valence electrons. The molecule has 0 radical (unpaired) electrons. The number of rotatable bonds is 4. The lowest BCUT2D eigenvalue weighted by atomic mass is 10.1. The summed E-state index contributed by atoms with van der Waals surface area (Å²) in [6.45, 7) is 0. The minimum Gasteiger partial charge on any atom is -0.453 e. The topological polar surface area (TPSA) is 70.5 Å². The molecule has 13 heteroatoms. The summed E-state index contributed by atoms with van der Waals surface area (Å²) in [4.78, 5) is 0. The molecule has 3 aromatic rings. The molecule has 0 spiro atoms. The average Bonchev–Trinajstić information content (AvgIpc) is 2.66. The van der Waals surface area contributed by atoms with Gasteiger partial charge < -0.3 is 20.9 Å².